The molecule has 1 spiro atoms. The van der Waals surface area contributed by atoms with Gasteiger partial charge in [-0.15, -0.1) is 0 Å². The molecule has 0 saturated heterocycles. The Kier molecular flexibility index (Phi) is 7.80. The minimum absolute atomic E-state index is 0.520. The predicted octanol–water partition coefficient (Wildman–Crippen LogP) is 15.5. The molecule has 0 amide bonds. The van der Waals surface area contributed by atoms with Crippen molar-refractivity contribution in [3.8, 4) is 44.5 Å². The minimum atomic E-state index is -0.672. The summed E-state index contributed by atoms with van der Waals surface area (Å²) >= 11 is 0. The molecule has 0 bridgehead atoms. The highest BCUT2D eigenvalue weighted by atomic mass is 15.1. The minimum Gasteiger partial charge on any atom is -0.310 e. The Balaban J connectivity index is 1.23. The fraction of sp³-hybridized carbons (Fsp3) is 0.0323. The van der Waals surface area contributed by atoms with Crippen LogP contribution in [0.5, 0.6) is 0 Å². The number of anilines is 3. The van der Waals surface area contributed by atoms with E-state index < -0.39 is 10.8 Å². The monoisotopic (exact) mass is 799 g/mol. The number of benzene rings is 10. The standard InChI is InChI=1S/C62H41N/c1-6-22-42(23-7-1)58-59-50-34-18-21-37-54(50)62(52-35-19-16-32-48(52)49-33-17-20-36-53(49)62)57(59)41-56-60(58)51-39-38-47(63(45-28-12-4-13-29-45)46-30-14-5-15-31-46)40-55(51)61(56,43-24-8-2-9-25-43)44-26-10-3-11-27-44/h1-41H. The van der Waals surface area contributed by atoms with Crippen LogP contribution in [-0.4, -0.2) is 0 Å². The van der Waals surface area contributed by atoms with Gasteiger partial charge in [0.05, 0.1) is 10.8 Å². The molecule has 0 heterocycles. The molecule has 13 rings (SSSR count). The molecule has 0 saturated carbocycles. The van der Waals surface area contributed by atoms with Crippen LogP contribution >= 0.6 is 0 Å². The topological polar surface area (TPSA) is 3.24 Å². The van der Waals surface area contributed by atoms with Gasteiger partial charge in [-0.1, -0.05) is 212 Å². The summed E-state index contributed by atoms with van der Waals surface area (Å²) in [6, 6.07) is 92.8. The quantitative estimate of drug-likeness (QED) is 0.162. The van der Waals surface area contributed by atoms with Gasteiger partial charge >= 0.3 is 0 Å². The van der Waals surface area contributed by atoms with Crippen molar-refractivity contribution < 1.29 is 0 Å². The largest absolute Gasteiger partial charge is 0.310 e. The molecule has 0 atom stereocenters. The summed E-state index contributed by atoms with van der Waals surface area (Å²) in [6.45, 7) is 0. The van der Waals surface area contributed by atoms with E-state index in [0.717, 1.165) is 17.1 Å². The summed E-state index contributed by atoms with van der Waals surface area (Å²) in [7, 11) is 0. The van der Waals surface area contributed by atoms with Crippen molar-refractivity contribution in [2.45, 2.75) is 10.8 Å². The first-order chi connectivity index (χ1) is 31.3. The van der Waals surface area contributed by atoms with Crippen molar-refractivity contribution in [1.82, 2.24) is 0 Å². The highest BCUT2D eigenvalue weighted by Crippen LogP contribution is 2.68. The average Bonchev–Trinajstić information content (AvgIpc) is 3.95. The number of fused-ring (bicyclic) bond motifs is 13. The predicted molar refractivity (Wildman–Crippen MR) is 260 cm³/mol. The first-order valence-corrected chi connectivity index (χ1v) is 22.0. The van der Waals surface area contributed by atoms with E-state index in [0.29, 0.717) is 0 Å². The Labute approximate surface area is 368 Å². The van der Waals surface area contributed by atoms with Crippen molar-refractivity contribution in [2.75, 3.05) is 4.90 Å². The summed E-state index contributed by atoms with van der Waals surface area (Å²) in [4.78, 5) is 2.40. The van der Waals surface area contributed by atoms with Gasteiger partial charge in [0.1, 0.15) is 0 Å². The fourth-order valence-electron chi connectivity index (χ4n) is 11.8. The third-order valence-corrected chi connectivity index (χ3v) is 14.1. The Hall–Kier alpha value is -8.00. The summed E-state index contributed by atoms with van der Waals surface area (Å²) in [5.74, 6) is 0. The first kappa shape index (κ1) is 35.7. The van der Waals surface area contributed by atoms with Crippen molar-refractivity contribution in [3.05, 3.63) is 293 Å². The van der Waals surface area contributed by atoms with Crippen LogP contribution in [0.2, 0.25) is 0 Å². The normalized spacial score (nSPS) is 14.0. The van der Waals surface area contributed by atoms with E-state index >= 15 is 0 Å². The second-order valence-electron chi connectivity index (χ2n) is 17.1. The molecule has 0 unspecified atom stereocenters. The highest BCUT2D eigenvalue weighted by molar-refractivity contribution is 6.08. The van der Waals surface area contributed by atoms with E-state index in [1.165, 1.54) is 89.0 Å². The lowest BCUT2D eigenvalue weighted by molar-refractivity contribution is 0.753. The van der Waals surface area contributed by atoms with Crippen LogP contribution in [0.1, 0.15) is 44.5 Å². The van der Waals surface area contributed by atoms with Crippen LogP contribution in [0, 0.1) is 0 Å². The molecule has 1 nitrogen and oxygen atoms in total. The Morgan fingerprint density at radius 2 is 0.635 bits per heavy atom. The molecule has 0 radical (unpaired) electrons. The van der Waals surface area contributed by atoms with E-state index in [1.54, 1.807) is 0 Å². The number of nitrogens with zero attached hydrogens (tertiary/aromatic N) is 1. The zero-order valence-electron chi connectivity index (χ0n) is 34.6. The SMILES string of the molecule is c1ccc(-c2c3c(cc4c2-c2ccccc2C42c4ccccc4-c4ccccc42)C(c2ccccc2)(c2ccccc2)c2cc(N(c4ccccc4)c4ccccc4)ccc2-3)cc1. The molecule has 0 aliphatic heterocycles. The molecule has 0 fully saturated rings. The van der Waals surface area contributed by atoms with E-state index in [1.807, 2.05) is 0 Å². The third kappa shape index (κ3) is 4.82. The van der Waals surface area contributed by atoms with Crippen LogP contribution in [0.3, 0.4) is 0 Å². The summed E-state index contributed by atoms with van der Waals surface area (Å²) in [5, 5.41) is 0. The van der Waals surface area contributed by atoms with Crippen molar-refractivity contribution >= 4 is 17.1 Å². The highest BCUT2D eigenvalue weighted by Gasteiger charge is 2.55. The van der Waals surface area contributed by atoms with Crippen LogP contribution in [0.15, 0.2) is 249 Å². The molecule has 0 N–H and O–H groups in total. The zero-order valence-corrected chi connectivity index (χ0v) is 34.6. The Morgan fingerprint density at radius 3 is 1.16 bits per heavy atom. The van der Waals surface area contributed by atoms with Crippen LogP contribution < -0.4 is 4.90 Å². The van der Waals surface area contributed by atoms with Gasteiger partial charge in [-0.3, -0.25) is 0 Å². The lowest BCUT2D eigenvalue weighted by Gasteiger charge is -2.36. The number of rotatable bonds is 6. The van der Waals surface area contributed by atoms with Gasteiger partial charge in [0.25, 0.3) is 0 Å². The van der Waals surface area contributed by atoms with E-state index in [9.17, 15) is 0 Å². The molecule has 294 valence electrons. The van der Waals surface area contributed by atoms with E-state index in [2.05, 4.69) is 254 Å². The van der Waals surface area contributed by atoms with Crippen LogP contribution in [-0.2, 0) is 10.8 Å². The van der Waals surface area contributed by atoms with Crippen molar-refractivity contribution in [2.24, 2.45) is 0 Å². The summed E-state index contributed by atoms with van der Waals surface area (Å²) in [5.41, 5.74) is 22.9. The lowest BCUT2D eigenvalue weighted by atomic mass is 9.65. The van der Waals surface area contributed by atoms with Crippen LogP contribution in [0.25, 0.3) is 44.5 Å². The average molecular weight is 800 g/mol. The third-order valence-electron chi connectivity index (χ3n) is 14.1. The molecule has 10 aromatic carbocycles. The lowest BCUT2D eigenvalue weighted by Crippen LogP contribution is -2.30. The molecular formula is C62H41N. The van der Waals surface area contributed by atoms with E-state index in [-0.39, 0.29) is 0 Å². The number of hydrogen-bond donors (Lipinski definition) is 0. The Bertz CT molecular complexity index is 3250. The van der Waals surface area contributed by atoms with Gasteiger partial charge in [0.2, 0.25) is 0 Å². The van der Waals surface area contributed by atoms with Gasteiger partial charge in [-0.2, -0.15) is 0 Å². The fourth-order valence-corrected chi connectivity index (χ4v) is 11.8. The van der Waals surface area contributed by atoms with Gasteiger partial charge in [0.15, 0.2) is 0 Å². The van der Waals surface area contributed by atoms with Gasteiger partial charge in [-0.05, 0) is 125 Å². The molecule has 3 aliphatic carbocycles. The van der Waals surface area contributed by atoms with Gasteiger partial charge in [-0.25, -0.2) is 0 Å². The second-order valence-corrected chi connectivity index (χ2v) is 17.1. The molecule has 63 heavy (non-hydrogen) atoms. The number of para-hydroxylation sites is 2. The molecular weight excluding hydrogens is 759 g/mol. The van der Waals surface area contributed by atoms with Crippen LogP contribution in [0.4, 0.5) is 17.1 Å². The smallest absolute Gasteiger partial charge is 0.0725 e. The second kappa shape index (κ2) is 13.8. The molecule has 1 heteroatoms. The van der Waals surface area contributed by atoms with E-state index in [4.69, 9.17) is 0 Å². The zero-order chi connectivity index (χ0) is 41.5. The molecule has 0 aromatic heterocycles. The van der Waals surface area contributed by atoms with Gasteiger partial charge < -0.3 is 4.90 Å². The number of hydrogen-bond acceptors (Lipinski definition) is 1. The molecule has 3 aliphatic rings. The van der Waals surface area contributed by atoms with Crippen molar-refractivity contribution in [1.29, 1.82) is 0 Å². The maximum atomic E-state index is 2.65. The summed E-state index contributed by atoms with van der Waals surface area (Å²) < 4.78 is 0. The Morgan fingerprint density at radius 1 is 0.238 bits per heavy atom. The summed E-state index contributed by atoms with van der Waals surface area (Å²) in [6.07, 6.45) is 0. The maximum absolute atomic E-state index is 2.65. The maximum Gasteiger partial charge on any atom is 0.0725 e. The molecule has 10 aromatic rings. The van der Waals surface area contributed by atoms with Crippen molar-refractivity contribution in [3.63, 3.8) is 0 Å². The van der Waals surface area contributed by atoms with Gasteiger partial charge in [0, 0.05) is 17.1 Å². The first-order valence-electron chi connectivity index (χ1n) is 22.0.